The second-order valence-corrected chi connectivity index (χ2v) is 5.16. The molecule has 19 heavy (non-hydrogen) atoms. The number of hydrogen-bond donors (Lipinski definition) is 2. The van der Waals surface area contributed by atoms with Gasteiger partial charge in [0.25, 0.3) is 0 Å². The molecule has 0 radical (unpaired) electrons. The Balaban J connectivity index is 2.35. The first-order valence-electron chi connectivity index (χ1n) is 6.81. The quantitative estimate of drug-likeness (QED) is 0.775. The number of carbonyl (C=O) groups is 1. The molecule has 0 fully saturated rings. The van der Waals surface area contributed by atoms with Crippen molar-refractivity contribution in [3.63, 3.8) is 0 Å². The molecule has 1 aromatic rings. The fraction of sp³-hybridized carbons (Fsp3) is 0.769. The van der Waals surface area contributed by atoms with Crippen LogP contribution in [0, 0.1) is 5.92 Å². The van der Waals surface area contributed by atoms with Crippen LogP contribution in [0.4, 0.5) is 0 Å². The Bertz CT molecular complexity index is 403. The predicted octanol–water partition coefficient (Wildman–Crippen LogP) is 1.23. The Morgan fingerprint density at radius 3 is 2.63 bits per heavy atom. The molecule has 0 saturated heterocycles. The van der Waals surface area contributed by atoms with Gasteiger partial charge in [-0.05, 0) is 5.92 Å². The van der Waals surface area contributed by atoms with Crippen molar-refractivity contribution in [2.24, 2.45) is 11.7 Å². The zero-order valence-electron chi connectivity index (χ0n) is 12.1. The summed E-state index contributed by atoms with van der Waals surface area (Å²) in [5.41, 5.74) is 5.83. The highest BCUT2D eigenvalue weighted by molar-refractivity contribution is 5.81. The lowest BCUT2D eigenvalue weighted by Gasteiger charge is -2.17. The molecule has 1 amide bonds. The lowest BCUT2D eigenvalue weighted by Crippen LogP contribution is -2.45. The Morgan fingerprint density at radius 1 is 1.42 bits per heavy atom. The summed E-state index contributed by atoms with van der Waals surface area (Å²) in [6.07, 6.45) is 1.44. The molecule has 2 atom stereocenters. The third-order valence-corrected chi connectivity index (χ3v) is 3.19. The van der Waals surface area contributed by atoms with E-state index in [9.17, 15) is 4.79 Å². The average Bonchev–Trinajstić information content (AvgIpc) is 2.85. The fourth-order valence-electron chi connectivity index (χ4n) is 1.53. The molecule has 1 heterocycles. The minimum absolute atomic E-state index is 0.123. The largest absolute Gasteiger partial charge is 0.354 e. The summed E-state index contributed by atoms with van der Waals surface area (Å²) in [6.45, 7) is 8.44. The van der Waals surface area contributed by atoms with Crippen LogP contribution in [-0.2, 0) is 11.2 Å². The first-order valence-corrected chi connectivity index (χ1v) is 6.81. The van der Waals surface area contributed by atoms with Gasteiger partial charge in [-0.1, -0.05) is 39.3 Å². The van der Waals surface area contributed by atoms with Crippen LogP contribution < -0.4 is 11.1 Å². The van der Waals surface area contributed by atoms with Gasteiger partial charge in [0.15, 0.2) is 5.82 Å². The van der Waals surface area contributed by atoms with Crippen LogP contribution >= 0.6 is 0 Å². The predicted molar refractivity (Wildman–Crippen MR) is 72.5 cm³/mol. The number of nitrogens with two attached hydrogens (primary N) is 1. The minimum Gasteiger partial charge on any atom is -0.354 e. The van der Waals surface area contributed by atoms with Gasteiger partial charge in [-0.15, -0.1) is 0 Å². The molecule has 6 nitrogen and oxygen atoms in total. The summed E-state index contributed by atoms with van der Waals surface area (Å²) in [7, 11) is 0. The molecule has 0 aromatic carbocycles. The summed E-state index contributed by atoms with van der Waals surface area (Å²) in [5, 5.41) is 6.66. The molecule has 0 bridgehead atoms. The first-order chi connectivity index (χ1) is 8.95. The molecule has 0 spiro atoms. The van der Waals surface area contributed by atoms with Crippen molar-refractivity contribution in [2.45, 2.75) is 52.5 Å². The highest BCUT2D eigenvalue weighted by atomic mass is 16.5. The van der Waals surface area contributed by atoms with Gasteiger partial charge < -0.3 is 15.6 Å². The van der Waals surface area contributed by atoms with E-state index < -0.39 is 6.04 Å². The molecule has 108 valence electrons. The molecule has 3 N–H and O–H groups in total. The smallest absolute Gasteiger partial charge is 0.237 e. The van der Waals surface area contributed by atoms with Crippen LogP contribution in [0.1, 0.15) is 51.7 Å². The Labute approximate surface area is 114 Å². The number of nitrogens with zero attached hydrogens (tertiary/aromatic N) is 2. The van der Waals surface area contributed by atoms with Crippen molar-refractivity contribution in [3.8, 4) is 0 Å². The second-order valence-electron chi connectivity index (χ2n) is 5.16. The lowest BCUT2D eigenvalue weighted by atomic mass is 9.99. The molecule has 6 heteroatoms. The molecule has 0 aliphatic rings. The van der Waals surface area contributed by atoms with E-state index in [-0.39, 0.29) is 17.7 Å². The van der Waals surface area contributed by atoms with E-state index in [2.05, 4.69) is 15.5 Å². The highest BCUT2D eigenvalue weighted by Crippen LogP contribution is 2.10. The maximum Gasteiger partial charge on any atom is 0.237 e. The van der Waals surface area contributed by atoms with E-state index in [1.54, 1.807) is 0 Å². The van der Waals surface area contributed by atoms with Gasteiger partial charge in [-0.25, -0.2) is 0 Å². The van der Waals surface area contributed by atoms with Crippen LogP contribution in [0.2, 0.25) is 0 Å². The second kappa shape index (κ2) is 7.23. The zero-order chi connectivity index (χ0) is 14.4. The van der Waals surface area contributed by atoms with E-state index in [0.717, 1.165) is 6.42 Å². The van der Waals surface area contributed by atoms with Crippen LogP contribution in [0.15, 0.2) is 4.52 Å². The standard InChI is InChI=1S/C13H24N4O2/c1-5-9(4)11(14)12(18)15-7-6-10-16-13(8(2)3)19-17-10/h8-9,11H,5-7,14H2,1-4H3,(H,15,18)/t9-,11-/m0/s1. The topological polar surface area (TPSA) is 94.0 Å². The third kappa shape index (κ3) is 4.63. The van der Waals surface area contributed by atoms with Crippen LogP contribution in [0.5, 0.6) is 0 Å². The van der Waals surface area contributed by atoms with Crippen LogP contribution in [0.3, 0.4) is 0 Å². The summed E-state index contributed by atoms with van der Waals surface area (Å²) in [4.78, 5) is 16.0. The third-order valence-electron chi connectivity index (χ3n) is 3.19. The number of rotatable bonds is 7. The molecular weight excluding hydrogens is 244 g/mol. The Hall–Kier alpha value is -1.43. The van der Waals surface area contributed by atoms with Gasteiger partial charge in [0.2, 0.25) is 11.8 Å². The van der Waals surface area contributed by atoms with Gasteiger partial charge >= 0.3 is 0 Å². The van der Waals surface area contributed by atoms with Crippen LogP contribution in [-0.4, -0.2) is 28.6 Å². The average molecular weight is 268 g/mol. The summed E-state index contributed by atoms with van der Waals surface area (Å²) < 4.78 is 5.09. The molecule has 1 rings (SSSR count). The Kier molecular flexibility index (Phi) is 5.95. The number of amides is 1. The molecule has 0 aliphatic heterocycles. The highest BCUT2D eigenvalue weighted by Gasteiger charge is 2.19. The van der Waals surface area contributed by atoms with Crippen LogP contribution in [0.25, 0.3) is 0 Å². The fourth-order valence-corrected chi connectivity index (χ4v) is 1.53. The van der Waals surface area contributed by atoms with Gasteiger partial charge in [0, 0.05) is 18.9 Å². The number of carbonyl (C=O) groups excluding carboxylic acids is 1. The van der Waals surface area contributed by atoms with Gasteiger partial charge in [-0.2, -0.15) is 4.98 Å². The van der Waals surface area contributed by atoms with E-state index in [1.165, 1.54) is 0 Å². The van der Waals surface area contributed by atoms with Crippen molar-refractivity contribution in [1.29, 1.82) is 0 Å². The molecule has 0 unspecified atom stereocenters. The van der Waals surface area contributed by atoms with Crippen molar-refractivity contribution in [1.82, 2.24) is 15.5 Å². The maximum atomic E-state index is 11.7. The monoisotopic (exact) mass is 268 g/mol. The van der Waals surface area contributed by atoms with Crippen molar-refractivity contribution >= 4 is 5.91 Å². The number of aromatic nitrogens is 2. The van der Waals surface area contributed by atoms with Gasteiger partial charge in [0.05, 0.1) is 6.04 Å². The van der Waals surface area contributed by atoms with Gasteiger partial charge in [-0.3, -0.25) is 4.79 Å². The minimum atomic E-state index is -0.457. The van der Waals surface area contributed by atoms with E-state index in [1.807, 2.05) is 27.7 Å². The molecule has 1 aromatic heterocycles. The van der Waals surface area contributed by atoms with E-state index in [0.29, 0.717) is 24.7 Å². The number of nitrogens with one attached hydrogen (secondary N) is 1. The summed E-state index contributed by atoms with van der Waals surface area (Å²) >= 11 is 0. The van der Waals surface area contributed by atoms with Crippen molar-refractivity contribution in [2.75, 3.05) is 6.54 Å². The Morgan fingerprint density at radius 2 is 2.11 bits per heavy atom. The maximum absolute atomic E-state index is 11.7. The molecule has 0 saturated carbocycles. The summed E-state index contributed by atoms with van der Waals surface area (Å²) in [5.74, 6) is 1.51. The lowest BCUT2D eigenvalue weighted by molar-refractivity contribution is -0.123. The zero-order valence-corrected chi connectivity index (χ0v) is 12.1. The van der Waals surface area contributed by atoms with E-state index in [4.69, 9.17) is 10.3 Å². The van der Waals surface area contributed by atoms with Crippen molar-refractivity contribution < 1.29 is 9.32 Å². The van der Waals surface area contributed by atoms with Crippen molar-refractivity contribution in [3.05, 3.63) is 11.7 Å². The molecule has 0 aliphatic carbocycles. The normalized spacial score (nSPS) is 14.4. The van der Waals surface area contributed by atoms with Gasteiger partial charge in [0.1, 0.15) is 0 Å². The first kappa shape index (κ1) is 15.6. The van der Waals surface area contributed by atoms with E-state index >= 15 is 0 Å². The number of hydrogen-bond acceptors (Lipinski definition) is 5. The summed E-state index contributed by atoms with van der Waals surface area (Å²) in [6, 6.07) is -0.457. The molecular formula is C13H24N4O2. The SMILES string of the molecule is CC[C@H](C)[C@H](N)C(=O)NCCc1noc(C(C)C)n1.